The van der Waals surface area contributed by atoms with Crippen LogP contribution in [0, 0.1) is 0 Å². The number of phenolic OH excluding ortho intramolecular Hbond substituents is 1. The number of benzene rings is 1. The maximum absolute atomic E-state index is 11.7. The van der Waals surface area contributed by atoms with Crippen molar-refractivity contribution in [2.45, 2.75) is 6.42 Å². The van der Waals surface area contributed by atoms with Crippen LogP contribution in [0.25, 0.3) is 10.4 Å². The molecule has 18 heavy (non-hydrogen) atoms. The molecule has 7 nitrogen and oxygen atoms in total. The van der Waals surface area contributed by atoms with Crippen molar-refractivity contribution in [2.24, 2.45) is 5.11 Å². The molecule has 2 N–H and O–H groups in total. The summed E-state index contributed by atoms with van der Waals surface area (Å²) in [4.78, 5) is 14.3. The first-order valence-electron chi connectivity index (χ1n) is 5.35. The summed E-state index contributed by atoms with van der Waals surface area (Å²) in [6.07, 6.45) is 0.542. The highest BCUT2D eigenvalue weighted by atomic mass is 16.5. The van der Waals surface area contributed by atoms with Gasteiger partial charge in [-0.05, 0) is 24.1 Å². The Balaban J connectivity index is 2.59. The highest BCUT2D eigenvalue weighted by Crippen LogP contribution is 2.28. The number of hydrogen-bond donors (Lipinski definition) is 2. The molecule has 0 heterocycles. The summed E-state index contributed by atoms with van der Waals surface area (Å²) >= 11 is 0. The van der Waals surface area contributed by atoms with Gasteiger partial charge in [-0.3, -0.25) is 4.79 Å². The Morgan fingerprint density at radius 1 is 1.61 bits per heavy atom. The second-order valence-corrected chi connectivity index (χ2v) is 3.42. The van der Waals surface area contributed by atoms with Crippen LogP contribution in [0.4, 0.5) is 0 Å². The van der Waals surface area contributed by atoms with Crippen molar-refractivity contribution in [3.8, 4) is 11.5 Å². The summed E-state index contributed by atoms with van der Waals surface area (Å²) in [5.74, 6) is -0.336. The van der Waals surface area contributed by atoms with Crippen molar-refractivity contribution in [2.75, 3.05) is 20.2 Å². The molecule has 96 valence electrons. The van der Waals surface area contributed by atoms with Gasteiger partial charge >= 0.3 is 0 Å². The minimum Gasteiger partial charge on any atom is -0.504 e. The molecular formula is C11H14N4O3. The Kier molecular flexibility index (Phi) is 5.34. The first-order valence-corrected chi connectivity index (χ1v) is 5.35. The predicted molar refractivity (Wildman–Crippen MR) is 65.6 cm³/mol. The van der Waals surface area contributed by atoms with E-state index in [2.05, 4.69) is 15.3 Å². The van der Waals surface area contributed by atoms with E-state index in [1.165, 1.54) is 13.2 Å². The molecule has 1 amide bonds. The zero-order valence-corrected chi connectivity index (χ0v) is 9.96. The van der Waals surface area contributed by atoms with Crippen molar-refractivity contribution in [3.63, 3.8) is 0 Å². The quantitative estimate of drug-likeness (QED) is 0.348. The van der Waals surface area contributed by atoms with Crippen LogP contribution >= 0.6 is 0 Å². The number of carbonyl (C=O) groups excluding carboxylic acids is 1. The molecule has 1 rings (SSSR count). The van der Waals surface area contributed by atoms with E-state index in [4.69, 9.17) is 10.3 Å². The number of aromatic hydroxyl groups is 1. The third-order valence-electron chi connectivity index (χ3n) is 2.25. The average Bonchev–Trinajstić information content (AvgIpc) is 2.38. The molecule has 0 fully saturated rings. The van der Waals surface area contributed by atoms with E-state index >= 15 is 0 Å². The summed E-state index contributed by atoms with van der Waals surface area (Å²) in [6.45, 7) is 0.690. The zero-order chi connectivity index (χ0) is 13.4. The molecule has 0 unspecified atom stereocenters. The lowest BCUT2D eigenvalue weighted by Crippen LogP contribution is -2.25. The Morgan fingerprint density at radius 3 is 3.06 bits per heavy atom. The lowest BCUT2D eigenvalue weighted by Gasteiger charge is -2.08. The number of para-hydroxylation sites is 1. The van der Waals surface area contributed by atoms with E-state index in [0.29, 0.717) is 19.5 Å². The lowest BCUT2D eigenvalue weighted by atomic mass is 10.1. The van der Waals surface area contributed by atoms with Gasteiger partial charge in [0.05, 0.1) is 12.7 Å². The zero-order valence-electron chi connectivity index (χ0n) is 9.96. The molecule has 0 aromatic heterocycles. The molecule has 0 aliphatic rings. The van der Waals surface area contributed by atoms with Crippen LogP contribution in [0.15, 0.2) is 23.3 Å². The van der Waals surface area contributed by atoms with E-state index in [-0.39, 0.29) is 17.1 Å². The van der Waals surface area contributed by atoms with Crippen LogP contribution in [-0.4, -0.2) is 31.2 Å². The minimum atomic E-state index is -0.396. The van der Waals surface area contributed by atoms with E-state index in [0.717, 1.165) is 0 Å². The number of hydrogen-bond acceptors (Lipinski definition) is 4. The summed E-state index contributed by atoms with van der Waals surface area (Å²) < 4.78 is 4.91. The highest BCUT2D eigenvalue weighted by molar-refractivity contribution is 5.97. The maximum atomic E-state index is 11.7. The second kappa shape index (κ2) is 7.03. The number of amides is 1. The summed E-state index contributed by atoms with van der Waals surface area (Å²) in [5, 5.41) is 15.7. The van der Waals surface area contributed by atoms with E-state index < -0.39 is 5.91 Å². The van der Waals surface area contributed by atoms with Gasteiger partial charge in [-0.15, -0.1) is 0 Å². The third-order valence-corrected chi connectivity index (χ3v) is 2.25. The molecule has 0 bridgehead atoms. The van der Waals surface area contributed by atoms with Crippen LogP contribution < -0.4 is 10.1 Å². The van der Waals surface area contributed by atoms with Crippen molar-refractivity contribution in [1.82, 2.24) is 5.32 Å². The van der Waals surface area contributed by atoms with Crippen LogP contribution in [-0.2, 0) is 0 Å². The molecule has 0 aliphatic carbocycles. The van der Waals surface area contributed by atoms with Crippen LogP contribution in [0.1, 0.15) is 16.8 Å². The van der Waals surface area contributed by atoms with E-state index in [1.54, 1.807) is 12.1 Å². The van der Waals surface area contributed by atoms with Gasteiger partial charge in [-0.25, -0.2) is 0 Å². The first kappa shape index (κ1) is 13.7. The Morgan fingerprint density at radius 2 is 2.39 bits per heavy atom. The third kappa shape index (κ3) is 3.57. The van der Waals surface area contributed by atoms with Crippen molar-refractivity contribution < 1.29 is 14.6 Å². The predicted octanol–water partition coefficient (Wildman–Crippen LogP) is 1.83. The first-order chi connectivity index (χ1) is 8.70. The molecule has 0 atom stereocenters. The minimum absolute atomic E-state index is 0.151. The molecule has 0 saturated heterocycles. The molecule has 1 aromatic carbocycles. The number of nitrogens with one attached hydrogen (secondary N) is 1. The molecule has 0 aliphatic heterocycles. The number of rotatable bonds is 6. The van der Waals surface area contributed by atoms with E-state index in [1.807, 2.05) is 0 Å². The largest absolute Gasteiger partial charge is 0.504 e. The SMILES string of the molecule is COc1cccc(C(=O)NCCCN=[N+]=[N-])c1O. The Hall–Kier alpha value is -2.40. The van der Waals surface area contributed by atoms with Gasteiger partial charge in [-0.1, -0.05) is 11.2 Å². The number of ether oxygens (including phenoxy) is 1. The summed E-state index contributed by atoms with van der Waals surface area (Å²) in [5.41, 5.74) is 8.22. The van der Waals surface area contributed by atoms with Crippen molar-refractivity contribution in [3.05, 3.63) is 34.2 Å². The molecular weight excluding hydrogens is 236 g/mol. The smallest absolute Gasteiger partial charge is 0.255 e. The lowest BCUT2D eigenvalue weighted by molar-refractivity contribution is 0.0950. The fourth-order valence-electron chi connectivity index (χ4n) is 1.36. The second-order valence-electron chi connectivity index (χ2n) is 3.42. The number of azide groups is 1. The number of methoxy groups -OCH3 is 1. The molecule has 7 heteroatoms. The van der Waals surface area contributed by atoms with Gasteiger partial charge in [0.1, 0.15) is 0 Å². The van der Waals surface area contributed by atoms with Crippen LogP contribution in [0.5, 0.6) is 11.5 Å². The van der Waals surface area contributed by atoms with Gasteiger partial charge < -0.3 is 15.2 Å². The molecule has 0 spiro atoms. The van der Waals surface area contributed by atoms with Gasteiger partial charge in [0.25, 0.3) is 5.91 Å². The summed E-state index contributed by atoms with van der Waals surface area (Å²) in [6, 6.07) is 4.68. The fourth-order valence-corrected chi connectivity index (χ4v) is 1.36. The Bertz CT molecular complexity index is 469. The molecule has 0 radical (unpaired) electrons. The monoisotopic (exact) mass is 250 g/mol. The van der Waals surface area contributed by atoms with Crippen LogP contribution in [0.2, 0.25) is 0 Å². The van der Waals surface area contributed by atoms with Crippen LogP contribution in [0.3, 0.4) is 0 Å². The van der Waals surface area contributed by atoms with Gasteiger partial charge in [0.15, 0.2) is 11.5 Å². The fraction of sp³-hybridized carbons (Fsp3) is 0.364. The van der Waals surface area contributed by atoms with Crippen molar-refractivity contribution >= 4 is 5.91 Å². The average molecular weight is 250 g/mol. The number of nitrogens with zero attached hydrogens (tertiary/aromatic N) is 3. The van der Waals surface area contributed by atoms with Gasteiger partial charge in [0, 0.05) is 18.0 Å². The summed E-state index contributed by atoms with van der Waals surface area (Å²) in [7, 11) is 1.41. The number of carbonyl (C=O) groups is 1. The van der Waals surface area contributed by atoms with Crippen molar-refractivity contribution in [1.29, 1.82) is 0 Å². The van der Waals surface area contributed by atoms with Gasteiger partial charge in [-0.2, -0.15) is 0 Å². The topological polar surface area (TPSA) is 107 Å². The normalized spacial score (nSPS) is 9.39. The standard InChI is InChI=1S/C11H14N4O3/c1-18-9-5-2-4-8(10(9)16)11(17)13-6-3-7-14-15-12/h2,4-5,16H,3,6-7H2,1H3,(H,13,17). The molecule has 1 aromatic rings. The Labute approximate surface area is 104 Å². The van der Waals surface area contributed by atoms with E-state index in [9.17, 15) is 9.90 Å². The molecule has 0 saturated carbocycles. The maximum Gasteiger partial charge on any atom is 0.255 e. The number of phenols is 1. The highest BCUT2D eigenvalue weighted by Gasteiger charge is 2.13. The van der Waals surface area contributed by atoms with Gasteiger partial charge in [0.2, 0.25) is 0 Å².